The zero-order chi connectivity index (χ0) is 26.2. The van der Waals surface area contributed by atoms with Crippen molar-refractivity contribution in [2.24, 2.45) is 0 Å². The number of carbonyl (C=O) groups is 2. The van der Waals surface area contributed by atoms with Gasteiger partial charge in [0.25, 0.3) is 0 Å². The van der Waals surface area contributed by atoms with E-state index in [0.29, 0.717) is 30.2 Å². The van der Waals surface area contributed by atoms with Crippen molar-refractivity contribution in [1.82, 2.24) is 10.2 Å². The van der Waals surface area contributed by atoms with Gasteiger partial charge < -0.3 is 10.2 Å². The first-order valence-corrected chi connectivity index (χ1v) is 14.0. The van der Waals surface area contributed by atoms with Gasteiger partial charge in [0.2, 0.25) is 21.8 Å². The van der Waals surface area contributed by atoms with E-state index in [2.05, 4.69) is 5.32 Å². The number of aryl methyl sites for hydroxylation is 2. The molecule has 0 aliphatic heterocycles. The lowest BCUT2D eigenvalue weighted by molar-refractivity contribution is -0.140. The molecule has 0 radical (unpaired) electrons. The van der Waals surface area contributed by atoms with Gasteiger partial charge in [0.15, 0.2) is 0 Å². The number of nitrogens with zero attached hydrogens (tertiary/aromatic N) is 2. The number of amides is 2. The Kier molecular flexibility index (Phi) is 10.6. The molecule has 0 spiro atoms. The molecule has 0 saturated carbocycles. The van der Waals surface area contributed by atoms with E-state index in [4.69, 9.17) is 11.6 Å². The van der Waals surface area contributed by atoms with E-state index in [1.165, 1.54) is 4.31 Å². The van der Waals surface area contributed by atoms with Gasteiger partial charge in [0.05, 0.1) is 11.9 Å². The molecule has 0 aliphatic carbocycles. The number of rotatable bonds is 12. The second-order valence-electron chi connectivity index (χ2n) is 8.84. The van der Waals surface area contributed by atoms with E-state index in [9.17, 15) is 18.0 Å². The van der Waals surface area contributed by atoms with E-state index >= 15 is 0 Å². The first-order valence-electron chi connectivity index (χ1n) is 11.8. The smallest absolute Gasteiger partial charge is 0.242 e. The van der Waals surface area contributed by atoms with Gasteiger partial charge in [-0.15, -0.1) is 0 Å². The Morgan fingerprint density at radius 2 is 1.74 bits per heavy atom. The summed E-state index contributed by atoms with van der Waals surface area (Å²) in [6.45, 7) is 8.45. The van der Waals surface area contributed by atoms with Crippen LogP contribution in [0.5, 0.6) is 0 Å². The highest BCUT2D eigenvalue weighted by Crippen LogP contribution is 2.27. The van der Waals surface area contributed by atoms with Gasteiger partial charge >= 0.3 is 0 Å². The van der Waals surface area contributed by atoms with Crippen LogP contribution in [-0.4, -0.2) is 50.5 Å². The fourth-order valence-corrected chi connectivity index (χ4v) is 4.88. The van der Waals surface area contributed by atoms with Gasteiger partial charge in [-0.2, -0.15) is 0 Å². The molecule has 0 fully saturated rings. The normalized spacial score (nSPS) is 12.2. The number of carbonyl (C=O) groups excluding carboxylic acids is 2. The largest absolute Gasteiger partial charge is 0.354 e. The first kappa shape index (κ1) is 28.7. The molecule has 1 N–H and O–H groups in total. The van der Waals surface area contributed by atoms with Gasteiger partial charge in [-0.1, -0.05) is 54.4 Å². The maximum absolute atomic E-state index is 13.3. The van der Waals surface area contributed by atoms with Gasteiger partial charge in [-0.05, 0) is 56.9 Å². The van der Waals surface area contributed by atoms with Crippen molar-refractivity contribution >= 4 is 39.1 Å². The Morgan fingerprint density at radius 1 is 1.09 bits per heavy atom. The van der Waals surface area contributed by atoms with Crippen LogP contribution in [0.25, 0.3) is 0 Å². The van der Waals surface area contributed by atoms with Crippen molar-refractivity contribution < 1.29 is 18.0 Å². The topological polar surface area (TPSA) is 86.8 Å². The quantitative estimate of drug-likeness (QED) is 0.447. The molecule has 35 heavy (non-hydrogen) atoms. The fraction of sp³-hybridized carbons (Fsp3) is 0.462. The van der Waals surface area contributed by atoms with Crippen molar-refractivity contribution in [2.75, 3.05) is 23.7 Å². The molecule has 9 heteroatoms. The lowest BCUT2D eigenvalue weighted by Crippen LogP contribution is -2.47. The van der Waals surface area contributed by atoms with E-state index in [1.54, 1.807) is 30.0 Å². The fourth-order valence-electron chi connectivity index (χ4n) is 3.70. The number of sulfonamides is 1. The Labute approximate surface area is 214 Å². The van der Waals surface area contributed by atoms with Crippen LogP contribution in [-0.2, 0) is 26.2 Å². The molecule has 2 rings (SSSR count). The molecule has 0 aliphatic rings. The predicted octanol–water partition coefficient (Wildman–Crippen LogP) is 4.45. The van der Waals surface area contributed by atoms with Crippen LogP contribution in [0.15, 0.2) is 42.5 Å². The standard InChI is InChI=1S/C26H36ClN3O4S/c1-6-15-28-26(32)21(4)29(18-22-12-9-19(2)10-13-22)25(31)8-7-16-30(35(5,33)34)24-17-23(27)14-11-20(24)3/h9-14,17,21H,6-8,15-16,18H2,1-5H3,(H,28,32). The monoisotopic (exact) mass is 521 g/mol. The third kappa shape index (κ3) is 8.54. The van der Waals surface area contributed by atoms with Gasteiger partial charge in [-0.3, -0.25) is 13.9 Å². The lowest BCUT2D eigenvalue weighted by Gasteiger charge is -2.29. The van der Waals surface area contributed by atoms with E-state index in [1.807, 2.05) is 45.0 Å². The maximum atomic E-state index is 13.3. The minimum absolute atomic E-state index is 0.100. The van der Waals surface area contributed by atoms with Crippen molar-refractivity contribution in [3.8, 4) is 0 Å². The van der Waals surface area contributed by atoms with Crippen LogP contribution in [0.2, 0.25) is 5.02 Å². The molecule has 0 saturated heterocycles. The molecular formula is C26H36ClN3O4S. The Bertz CT molecular complexity index is 1120. The van der Waals surface area contributed by atoms with Crippen LogP contribution >= 0.6 is 11.6 Å². The minimum Gasteiger partial charge on any atom is -0.354 e. The molecule has 192 valence electrons. The maximum Gasteiger partial charge on any atom is 0.242 e. The van der Waals surface area contributed by atoms with Crippen LogP contribution in [0.4, 0.5) is 5.69 Å². The van der Waals surface area contributed by atoms with Crippen molar-refractivity contribution in [3.05, 3.63) is 64.2 Å². The lowest BCUT2D eigenvalue weighted by atomic mass is 10.1. The second-order valence-corrected chi connectivity index (χ2v) is 11.2. The summed E-state index contributed by atoms with van der Waals surface area (Å²) in [5.41, 5.74) is 3.30. The SMILES string of the molecule is CCCNC(=O)C(C)N(Cc1ccc(C)cc1)C(=O)CCCN(c1cc(Cl)ccc1C)S(C)(=O)=O. The number of hydrogen-bond acceptors (Lipinski definition) is 4. The number of nitrogens with one attached hydrogen (secondary N) is 1. The summed E-state index contributed by atoms with van der Waals surface area (Å²) in [7, 11) is -3.58. The van der Waals surface area contributed by atoms with Crippen LogP contribution in [0.1, 0.15) is 49.8 Å². The number of benzene rings is 2. The summed E-state index contributed by atoms with van der Waals surface area (Å²) in [6.07, 6.45) is 2.34. The molecular weight excluding hydrogens is 486 g/mol. The molecule has 0 heterocycles. The molecule has 1 unspecified atom stereocenters. The van der Waals surface area contributed by atoms with E-state index in [0.717, 1.165) is 29.4 Å². The zero-order valence-corrected chi connectivity index (χ0v) is 22.7. The number of anilines is 1. The molecule has 2 aromatic carbocycles. The summed E-state index contributed by atoms with van der Waals surface area (Å²) in [6, 6.07) is 12.3. The van der Waals surface area contributed by atoms with Crippen molar-refractivity contribution in [2.45, 2.75) is 59.5 Å². The Balaban J connectivity index is 2.18. The van der Waals surface area contributed by atoms with Crippen LogP contribution in [0, 0.1) is 13.8 Å². The molecule has 2 aromatic rings. The van der Waals surface area contributed by atoms with Crippen molar-refractivity contribution in [3.63, 3.8) is 0 Å². The predicted molar refractivity (Wildman–Crippen MR) is 142 cm³/mol. The highest BCUT2D eigenvalue weighted by molar-refractivity contribution is 7.92. The highest BCUT2D eigenvalue weighted by Gasteiger charge is 2.26. The number of halogens is 1. The van der Waals surface area contributed by atoms with Gasteiger partial charge in [0, 0.05) is 31.1 Å². The third-order valence-electron chi connectivity index (χ3n) is 5.78. The molecule has 2 amide bonds. The second kappa shape index (κ2) is 12.9. The summed E-state index contributed by atoms with van der Waals surface area (Å²) in [4.78, 5) is 27.5. The van der Waals surface area contributed by atoms with Crippen LogP contribution < -0.4 is 9.62 Å². The summed E-state index contributed by atoms with van der Waals surface area (Å²) in [5, 5.41) is 3.29. The Morgan fingerprint density at radius 3 is 2.34 bits per heavy atom. The zero-order valence-electron chi connectivity index (χ0n) is 21.2. The van der Waals surface area contributed by atoms with E-state index in [-0.39, 0.29) is 24.8 Å². The average Bonchev–Trinajstić information content (AvgIpc) is 2.80. The minimum atomic E-state index is -3.58. The molecule has 0 bridgehead atoms. The van der Waals surface area contributed by atoms with E-state index < -0.39 is 16.1 Å². The first-order chi connectivity index (χ1) is 16.4. The summed E-state index contributed by atoms with van der Waals surface area (Å²) >= 11 is 6.10. The molecule has 0 aromatic heterocycles. The highest BCUT2D eigenvalue weighted by atomic mass is 35.5. The van der Waals surface area contributed by atoms with Crippen LogP contribution in [0.3, 0.4) is 0 Å². The Hall–Kier alpha value is -2.58. The average molecular weight is 522 g/mol. The van der Waals surface area contributed by atoms with Gasteiger partial charge in [-0.25, -0.2) is 8.42 Å². The molecule has 1 atom stereocenters. The number of hydrogen-bond donors (Lipinski definition) is 1. The third-order valence-corrected chi connectivity index (χ3v) is 7.20. The molecule has 7 nitrogen and oxygen atoms in total. The summed E-state index contributed by atoms with van der Waals surface area (Å²) in [5.74, 6) is -0.416. The summed E-state index contributed by atoms with van der Waals surface area (Å²) < 4.78 is 26.3. The van der Waals surface area contributed by atoms with Gasteiger partial charge in [0.1, 0.15) is 6.04 Å². The van der Waals surface area contributed by atoms with Crippen molar-refractivity contribution in [1.29, 1.82) is 0 Å².